The lowest BCUT2D eigenvalue weighted by Crippen LogP contribution is -2.35. The van der Waals surface area contributed by atoms with Gasteiger partial charge in [0, 0.05) is 16.3 Å². The fraction of sp³-hybridized carbons (Fsp3) is 0.250. The van der Waals surface area contributed by atoms with Crippen molar-refractivity contribution in [3.05, 3.63) is 80.4 Å². The molecule has 7 rings (SSSR count). The van der Waals surface area contributed by atoms with E-state index in [1.54, 1.807) is 6.07 Å². The Morgan fingerprint density at radius 3 is 1.95 bits per heavy atom. The molecule has 2 heterocycles. The highest BCUT2D eigenvalue weighted by atomic mass is 16.5. The van der Waals surface area contributed by atoms with E-state index in [4.69, 9.17) is 19.3 Å². The smallest absolute Gasteiger partial charge is 0.262 e. The molecule has 0 saturated heterocycles. The van der Waals surface area contributed by atoms with Crippen molar-refractivity contribution in [2.24, 2.45) is 0 Å². The predicted molar refractivity (Wildman–Crippen MR) is 158 cm³/mol. The summed E-state index contributed by atoms with van der Waals surface area (Å²) in [7, 11) is 0. The number of aliphatic hydroxyl groups excluding tert-OH is 1. The van der Waals surface area contributed by atoms with E-state index in [0.717, 1.165) is 31.5 Å². The number of rotatable bonds is 11. The number of nitrogens with one attached hydrogen (secondary N) is 1. The minimum absolute atomic E-state index is 0.0117. The van der Waals surface area contributed by atoms with Crippen LogP contribution in [0.5, 0.6) is 0 Å². The summed E-state index contributed by atoms with van der Waals surface area (Å²) < 4.78 is 17.3. The molecule has 10 nitrogen and oxygen atoms in total. The van der Waals surface area contributed by atoms with Crippen molar-refractivity contribution < 1.29 is 28.9 Å². The quantitative estimate of drug-likeness (QED) is 0.106. The van der Waals surface area contributed by atoms with Crippen LogP contribution >= 0.6 is 0 Å². The number of aliphatic hydroxyl groups is 1. The van der Waals surface area contributed by atoms with Crippen LogP contribution in [0.25, 0.3) is 53.9 Å². The Bertz CT molecular complexity index is 2150. The summed E-state index contributed by atoms with van der Waals surface area (Å²) in [5.41, 5.74) is -0.731. The van der Waals surface area contributed by atoms with Gasteiger partial charge in [-0.2, -0.15) is 0 Å². The van der Waals surface area contributed by atoms with Gasteiger partial charge in [0.1, 0.15) is 0 Å². The standard InChI is InChI=1S/C32H26N2O8/c35-10-12-41-14-16-42-15-13-40-11-9-34-31(38)27-24-20-6-2-4-17-3-1-5-18(22(17)20)19-7-8-21-25(23(19)24)26(28(27)32(34)39)30(37)33-29(21)36/h1-8,35H,9-16H2,(H,33,36,37). The van der Waals surface area contributed by atoms with E-state index in [9.17, 15) is 19.2 Å². The first-order valence-electron chi connectivity index (χ1n) is 13.8. The fourth-order valence-corrected chi connectivity index (χ4v) is 6.29. The normalized spacial score (nSPS) is 13.5. The summed E-state index contributed by atoms with van der Waals surface area (Å²) in [6.45, 7) is 1.53. The molecule has 212 valence electrons. The molecule has 0 atom stereocenters. The maximum absolute atomic E-state index is 14.0. The molecule has 0 bridgehead atoms. The summed E-state index contributed by atoms with van der Waals surface area (Å²) in [6.07, 6.45) is 0. The molecule has 2 N–H and O–H groups in total. The largest absolute Gasteiger partial charge is 0.394 e. The summed E-state index contributed by atoms with van der Waals surface area (Å²) in [5.74, 6) is -1.23. The van der Waals surface area contributed by atoms with Crippen LogP contribution in [0, 0.1) is 0 Å². The van der Waals surface area contributed by atoms with Gasteiger partial charge >= 0.3 is 0 Å². The molecule has 0 unspecified atom stereocenters. The molecule has 1 aliphatic heterocycles. The van der Waals surface area contributed by atoms with Crippen molar-refractivity contribution in [3.63, 3.8) is 0 Å². The zero-order chi connectivity index (χ0) is 29.0. The highest BCUT2D eigenvalue weighted by molar-refractivity contribution is 6.44. The highest BCUT2D eigenvalue weighted by Gasteiger charge is 2.33. The Labute approximate surface area is 237 Å². The number of hydrogen-bond acceptors (Lipinski definition) is 8. The topological polar surface area (TPSA) is 133 Å². The second-order valence-corrected chi connectivity index (χ2v) is 10.2. The fourth-order valence-electron chi connectivity index (χ4n) is 6.29. The SMILES string of the molecule is O=C1NC(=O)c2c3c1ccc1c4cccc5cccc(c54)c(c4c(=O)n(CCOCCOCCOCCO)c(=O)c24)c31. The van der Waals surface area contributed by atoms with Crippen molar-refractivity contribution in [1.29, 1.82) is 0 Å². The van der Waals surface area contributed by atoms with Gasteiger partial charge in [-0.3, -0.25) is 29.1 Å². The van der Waals surface area contributed by atoms with Crippen LogP contribution in [-0.4, -0.2) is 67.7 Å². The molecule has 1 aliphatic rings. The number of ether oxygens (including phenoxy) is 3. The number of fused-ring (bicyclic) bond motifs is 5. The van der Waals surface area contributed by atoms with Crippen molar-refractivity contribution >= 4 is 65.7 Å². The van der Waals surface area contributed by atoms with E-state index in [-0.39, 0.29) is 49.3 Å². The minimum atomic E-state index is -0.691. The zero-order valence-electron chi connectivity index (χ0n) is 22.5. The summed E-state index contributed by atoms with van der Waals surface area (Å²) in [6, 6.07) is 15.3. The predicted octanol–water partition coefficient (Wildman–Crippen LogP) is 2.78. The monoisotopic (exact) mass is 566 g/mol. The van der Waals surface area contributed by atoms with Crippen LogP contribution in [-0.2, 0) is 20.8 Å². The molecule has 6 aromatic rings. The van der Waals surface area contributed by atoms with Crippen molar-refractivity contribution in [3.8, 4) is 0 Å². The summed E-state index contributed by atoms with van der Waals surface area (Å²) >= 11 is 0. The number of hydrogen-bond donors (Lipinski definition) is 2. The van der Waals surface area contributed by atoms with E-state index >= 15 is 0 Å². The van der Waals surface area contributed by atoms with Crippen LogP contribution in [0.3, 0.4) is 0 Å². The van der Waals surface area contributed by atoms with Crippen LogP contribution in [0.4, 0.5) is 0 Å². The van der Waals surface area contributed by atoms with Crippen LogP contribution in [0.15, 0.2) is 58.1 Å². The maximum atomic E-state index is 14.0. The van der Waals surface area contributed by atoms with E-state index in [1.165, 1.54) is 0 Å². The van der Waals surface area contributed by atoms with Gasteiger partial charge in [0.05, 0.1) is 69.1 Å². The van der Waals surface area contributed by atoms with Crippen molar-refractivity contribution in [1.82, 2.24) is 9.88 Å². The van der Waals surface area contributed by atoms with E-state index in [2.05, 4.69) is 5.32 Å². The van der Waals surface area contributed by atoms with Gasteiger partial charge in [0.15, 0.2) is 0 Å². The van der Waals surface area contributed by atoms with Gasteiger partial charge in [-0.15, -0.1) is 0 Å². The third-order valence-corrected chi connectivity index (χ3v) is 7.98. The van der Waals surface area contributed by atoms with Gasteiger partial charge in [0.2, 0.25) is 0 Å². The third-order valence-electron chi connectivity index (χ3n) is 7.98. The lowest BCUT2D eigenvalue weighted by Gasteiger charge is -2.21. The number of amides is 2. The zero-order valence-corrected chi connectivity index (χ0v) is 22.5. The first kappa shape index (κ1) is 26.4. The second-order valence-electron chi connectivity index (χ2n) is 10.2. The molecule has 42 heavy (non-hydrogen) atoms. The summed E-state index contributed by atoms with van der Waals surface area (Å²) in [5, 5.41) is 17.4. The van der Waals surface area contributed by atoms with Gasteiger partial charge in [-0.05, 0) is 38.4 Å². The van der Waals surface area contributed by atoms with Crippen LogP contribution in [0.2, 0.25) is 0 Å². The summed E-state index contributed by atoms with van der Waals surface area (Å²) in [4.78, 5) is 54.2. The van der Waals surface area contributed by atoms with Gasteiger partial charge in [-0.25, -0.2) is 0 Å². The molecule has 0 spiro atoms. The molecule has 0 aliphatic carbocycles. The highest BCUT2D eigenvalue weighted by Crippen LogP contribution is 2.45. The molecule has 0 radical (unpaired) electrons. The first-order valence-corrected chi connectivity index (χ1v) is 13.8. The average Bonchev–Trinajstić information content (AvgIpc) is 3.24. The number of aromatic nitrogens is 1. The molecule has 0 saturated carbocycles. The molecule has 2 amide bonds. The number of carbonyl (C=O) groups is 2. The lowest BCUT2D eigenvalue weighted by atomic mass is 9.83. The van der Waals surface area contributed by atoms with Crippen LogP contribution in [0.1, 0.15) is 20.7 Å². The molecule has 0 fully saturated rings. The number of imide groups is 1. The Morgan fingerprint density at radius 2 is 1.21 bits per heavy atom. The Hall–Kier alpha value is -4.48. The van der Waals surface area contributed by atoms with E-state index in [0.29, 0.717) is 41.5 Å². The maximum Gasteiger partial charge on any atom is 0.262 e. The number of carbonyl (C=O) groups excluding carboxylic acids is 2. The van der Waals surface area contributed by atoms with Crippen molar-refractivity contribution in [2.45, 2.75) is 6.54 Å². The van der Waals surface area contributed by atoms with Crippen LogP contribution < -0.4 is 16.4 Å². The van der Waals surface area contributed by atoms with E-state index < -0.39 is 22.9 Å². The van der Waals surface area contributed by atoms with Crippen molar-refractivity contribution in [2.75, 3.05) is 46.2 Å². The van der Waals surface area contributed by atoms with E-state index in [1.807, 2.05) is 42.5 Å². The van der Waals surface area contributed by atoms with Gasteiger partial charge < -0.3 is 19.3 Å². The Balaban J connectivity index is 1.37. The molecule has 1 aromatic heterocycles. The minimum Gasteiger partial charge on any atom is -0.394 e. The molecule has 10 heteroatoms. The van der Waals surface area contributed by atoms with Gasteiger partial charge in [-0.1, -0.05) is 42.5 Å². The molecular weight excluding hydrogens is 540 g/mol. The lowest BCUT2D eigenvalue weighted by molar-refractivity contribution is 0.00651. The first-order chi connectivity index (χ1) is 20.5. The molecule has 5 aromatic carbocycles. The number of benzene rings is 5. The van der Waals surface area contributed by atoms with Gasteiger partial charge in [0.25, 0.3) is 22.9 Å². The number of nitrogens with zero attached hydrogens (tertiary/aromatic N) is 1. The molecular formula is C32H26N2O8. The Morgan fingerprint density at radius 1 is 0.595 bits per heavy atom. The third kappa shape index (κ3) is 3.87. The average molecular weight is 567 g/mol. The Kier molecular flexibility index (Phi) is 6.55. The second kappa shape index (κ2) is 10.4.